The summed E-state index contributed by atoms with van der Waals surface area (Å²) in [5, 5.41) is 2.97. The summed E-state index contributed by atoms with van der Waals surface area (Å²) in [5.41, 5.74) is 4.01. The lowest BCUT2D eigenvalue weighted by molar-refractivity contribution is -0.147. The summed E-state index contributed by atoms with van der Waals surface area (Å²) in [6, 6.07) is 24.4. The Morgan fingerprint density at radius 1 is 0.829 bits per heavy atom. The summed E-state index contributed by atoms with van der Waals surface area (Å²) in [5.74, 6) is 0.717. The maximum absolute atomic E-state index is 13.7. The molecular weight excluding hydrogens is 518 g/mol. The summed E-state index contributed by atoms with van der Waals surface area (Å²) in [7, 11) is 4.53. The standard InChI is InChI=1S/C33H39N3O5/c1-22(2)36(33(38)31(41-7)27-18-19-28(39-5)29(20-27)40-6)21-30(37)35-32(23(3)25-14-10-8-11-15-25)34-24(4)26-16-12-9-13-17-26/h8-20,22,31H,21H2,1-7H3,(H,35,37)/b32-23-,34-24?. The van der Waals surface area contributed by atoms with E-state index in [1.165, 1.54) is 19.1 Å². The van der Waals surface area contributed by atoms with Gasteiger partial charge in [-0.1, -0.05) is 66.7 Å². The Morgan fingerprint density at radius 2 is 1.41 bits per heavy atom. The third kappa shape index (κ3) is 8.05. The van der Waals surface area contributed by atoms with Gasteiger partial charge in [-0.25, -0.2) is 4.99 Å². The lowest BCUT2D eigenvalue weighted by Gasteiger charge is -2.30. The molecule has 0 fully saturated rings. The predicted molar refractivity (Wildman–Crippen MR) is 162 cm³/mol. The first-order valence-electron chi connectivity index (χ1n) is 13.4. The summed E-state index contributed by atoms with van der Waals surface area (Å²) in [6.07, 6.45) is -0.940. The summed E-state index contributed by atoms with van der Waals surface area (Å²) < 4.78 is 16.3. The van der Waals surface area contributed by atoms with Crippen molar-refractivity contribution in [1.29, 1.82) is 0 Å². The highest BCUT2D eigenvalue weighted by Gasteiger charge is 2.30. The summed E-state index contributed by atoms with van der Waals surface area (Å²) >= 11 is 0. The molecule has 0 saturated carbocycles. The van der Waals surface area contributed by atoms with Gasteiger partial charge < -0.3 is 24.4 Å². The molecule has 0 spiro atoms. The highest BCUT2D eigenvalue weighted by Crippen LogP contribution is 2.32. The topological polar surface area (TPSA) is 89.5 Å². The van der Waals surface area contributed by atoms with Gasteiger partial charge in [0.25, 0.3) is 5.91 Å². The van der Waals surface area contributed by atoms with Gasteiger partial charge in [-0.2, -0.15) is 0 Å². The second-order valence-corrected chi connectivity index (χ2v) is 9.74. The molecule has 0 aliphatic heterocycles. The number of allylic oxidation sites excluding steroid dienone is 1. The molecule has 3 aromatic carbocycles. The van der Waals surface area contributed by atoms with Crippen LogP contribution in [0.15, 0.2) is 89.7 Å². The van der Waals surface area contributed by atoms with Crippen molar-refractivity contribution in [2.45, 2.75) is 39.8 Å². The number of carbonyl (C=O) groups is 2. The van der Waals surface area contributed by atoms with Crippen molar-refractivity contribution in [2.24, 2.45) is 4.99 Å². The minimum Gasteiger partial charge on any atom is -0.493 e. The molecule has 216 valence electrons. The molecule has 0 heterocycles. The van der Waals surface area contributed by atoms with Crippen LogP contribution in [0.4, 0.5) is 0 Å². The molecule has 3 aromatic rings. The van der Waals surface area contributed by atoms with Gasteiger partial charge in [0.15, 0.2) is 17.6 Å². The number of hydrogen-bond acceptors (Lipinski definition) is 6. The van der Waals surface area contributed by atoms with Crippen molar-refractivity contribution in [3.8, 4) is 11.5 Å². The Balaban J connectivity index is 1.90. The van der Waals surface area contributed by atoms with Gasteiger partial charge in [0.2, 0.25) is 5.91 Å². The Hall–Kier alpha value is -4.43. The molecule has 41 heavy (non-hydrogen) atoms. The van der Waals surface area contributed by atoms with Crippen molar-refractivity contribution >= 4 is 23.1 Å². The number of nitrogens with one attached hydrogen (secondary N) is 1. The van der Waals surface area contributed by atoms with Crippen LogP contribution in [0.5, 0.6) is 11.5 Å². The average molecular weight is 558 g/mol. The van der Waals surface area contributed by atoms with E-state index in [9.17, 15) is 9.59 Å². The van der Waals surface area contributed by atoms with Crippen molar-refractivity contribution in [2.75, 3.05) is 27.9 Å². The Kier molecular flexibility index (Phi) is 11.2. The van der Waals surface area contributed by atoms with Gasteiger partial charge >= 0.3 is 0 Å². The van der Waals surface area contributed by atoms with Crippen molar-refractivity contribution < 1.29 is 23.8 Å². The largest absolute Gasteiger partial charge is 0.493 e. The van der Waals surface area contributed by atoms with E-state index in [4.69, 9.17) is 19.2 Å². The molecule has 3 rings (SSSR count). The molecule has 8 nitrogen and oxygen atoms in total. The van der Waals surface area contributed by atoms with E-state index in [-0.39, 0.29) is 24.4 Å². The minimum absolute atomic E-state index is 0.185. The van der Waals surface area contributed by atoms with E-state index in [1.54, 1.807) is 25.3 Å². The van der Waals surface area contributed by atoms with Gasteiger partial charge in [-0.05, 0) is 62.1 Å². The lowest BCUT2D eigenvalue weighted by atomic mass is 10.1. The quantitative estimate of drug-likeness (QED) is 0.291. The summed E-state index contributed by atoms with van der Waals surface area (Å²) in [6.45, 7) is 7.34. The first-order valence-corrected chi connectivity index (χ1v) is 13.4. The van der Waals surface area contributed by atoms with Crippen LogP contribution in [-0.4, -0.2) is 56.3 Å². The molecular formula is C33H39N3O5. The van der Waals surface area contributed by atoms with Crippen molar-refractivity contribution in [3.63, 3.8) is 0 Å². The van der Waals surface area contributed by atoms with Gasteiger partial charge in [0.1, 0.15) is 12.4 Å². The fourth-order valence-electron chi connectivity index (χ4n) is 4.33. The third-order valence-corrected chi connectivity index (χ3v) is 6.68. The number of aliphatic imine (C=N–C) groups is 1. The highest BCUT2D eigenvalue weighted by molar-refractivity contribution is 6.00. The minimum atomic E-state index is -0.940. The van der Waals surface area contributed by atoms with Crippen LogP contribution in [0.1, 0.15) is 50.5 Å². The molecule has 0 aromatic heterocycles. The van der Waals surface area contributed by atoms with E-state index in [1.807, 2.05) is 88.4 Å². The first-order chi connectivity index (χ1) is 19.7. The van der Waals surface area contributed by atoms with Crippen molar-refractivity contribution in [3.05, 3.63) is 101 Å². The molecule has 0 saturated heterocycles. The molecule has 0 radical (unpaired) electrons. The Bertz CT molecular complexity index is 1380. The number of amides is 2. The van der Waals surface area contributed by atoms with Crippen LogP contribution in [0.3, 0.4) is 0 Å². The molecule has 0 aliphatic rings. The van der Waals surface area contributed by atoms with Crippen LogP contribution in [0, 0.1) is 0 Å². The maximum atomic E-state index is 13.7. The van der Waals surface area contributed by atoms with E-state index in [0.717, 1.165) is 22.4 Å². The fraction of sp³-hybridized carbons (Fsp3) is 0.303. The van der Waals surface area contributed by atoms with Crippen LogP contribution < -0.4 is 14.8 Å². The fourth-order valence-corrected chi connectivity index (χ4v) is 4.33. The van der Waals surface area contributed by atoms with Gasteiger partial charge in [-0.3, -0.25) is 9.59 Å². The highest BCUT2D eigenvalue weighted by atomic mass is 16.5. The Labute approximate surface area is 242 Å². The zero-order valence-corrected chi connectivity index (χ0v) is 24.8. The van der Waals surface area contributed by atoms with Gasteiger partial charge in [-0.15, -0.1) is 0 Å². The Morgan fingerprint density at radius 3 is 1.95 bits per heavy atom. The number of rotatable bonds is 12. The molecule has 8 heteroatoms. The molecule has 0 bridgehead atoms. The van der Waals surface area contributed by atoms with E-state index >= 15 is 0 Å². The molecule has 0 aliphatic carbocycles. The summed E-state index contributed by atoms with van der Waals surface area (Å²) in [4.78, 5) is 33.5. The monoisotopic (exact) mass is 557 g/mol. The van der Waals surface area contributed by atoms with Crippen LogP contribution >= 0.6 is 0 Å². The smallest absolute Gasteiger partial charge is 0.257 e. The zero-order valence-electron chi connectivity index (χ0n) is 24.8. The van der Waals surface area contributed by atoms with Crippen LogP contribution in [0.25, 0.3) is 5.57 Å². The van der Waals surface area contributed by atoms with Gasteiger partial charge in [0.05, 0.1) is 14.2 Å². The zero-order chi connectivity index (χ0) is 29.9. The third-order valence-electron chi connectivity index (χ3n) is 6.68. The number of nitrogens with zero attached hydrogens (tertiary/aromatic N) is 2. The number of methoxy groups -OCH3 is 3. The number of ether oxygens (including phenoxy) is 3. The number of hydrogen-bond donors (Lipinski definition) is 1. The molecule has 2 amide bonds. The van der Waals surface area contributed by atoms with E-state index in [2.05, 4.69) is 5.32 Å². The normalized spacial score (nSPS) is 12.8. The number of carbonyl (C=O) groups excluding carboxylic acids is 2. The molecule has 1 atom stereocenters. The average Bonchev–Trinajstić information content (AvgIpc) is 2.99. The molecule has 1 unspecified atom stereocenters. The lowest BCUT2D eigenvalue weighted by Crippen LogP contribution is -2.46. The van der Waals surface area contributed by atoms with E-state index in [0.29, 0.717) is 22.9 Å². The SMILES string of the molecule is COc1ccc(C(OC)C(=O)N(CC(=O)N/C(N=C(C)c2ccccc2)=C(/C)c2ccccc2)C(C)C)cc1OC. The predicted octanol–water partition coefficient (Wildman–Crippen LogP) is 5.64. The van der Waals surface area contributed by atoms with Gasteiger partial charge in [0, 0.05) is 18.9 Å². The second kappa shape index (κ2) is 14.8. The van der Waals surface area contributed by atoms with Crippen LogP contribution in [-0.2, 0) is 14.3 Å². The number of benzene rings is 3. The second-order valence-electron chi connectivity index (χ2n) is 9.74. The molecule has 1 N–H and O–H groups in total. The first kappa shape index (κ1) is 31.1. The van der Waals surface area contributed by atoms with Crippen LogP contribution in [0.2, 0.25) is 0 Å². The van der Waals surface area contributed by atoms with E-state index < -0.39 is 6.10 Å². The van der Waals surface area contributed by atoms with Crippen molar-refractivity contribution in [1.82, 2.24) is 10.2 Å². The maximum Gasteiger partial charge on any atom is 0.257 e.